The molecule has 1 unspecified atom stereocenters. The number of sulfonamides is 1. The average Bonchev–Trinajstić information content (AvgIpc) is 3.21. The Morgan fingerprint density at radius 3 is 2.70 bits per heavy atom. The molecule has 1 fully saturated rings. The Hall–Kier alpha value is -3.45. The second kappa shape index (κ2) is 10.4. The molecule has 2 aromatic rings. The van der Waals surface area contributed by atoms with Crippen LogP contribution in [0.2, 0.25) is 0 Å². The molecule has 3 rings (SSSR count). The fraction of sp³-hybridized carbons (Fsp3) is 0.391. The molecule has 1 aromatic carbocycles. The highest BCUT2D eigenvalue weighted by Crippen LogP contribution is 2.28. The summed E-state index contributed by atoms with van der Waals surface area (Å²) in [6.45, 7) is 4.61. The van der Waals surface area contributed by atoms with Gasteiger partial charge in [0.2, 0.25) is 15.9 Å². The van der Waals surface area contributed by atoms with Crippen molar-refractivity contribution in [3.8, 4) is 6.07 Å². The summed E-state index contributed by atoms with van der Waals surface area (Å²) in [5, 5.41) is 9.57. The topological polar surface area (TPSA) is 129 Å². The van der Waals surface area contributed by atoms with E-state index >= 15 is 0 Å². The Bertz CT molecular complexity index is 1180. The molecule has 0 bridgehead atoms. The van der Waals surface area contributed by atoms with E-state index in [1.165, 1.54) is 6.07 Å². The zero-order valence-electron chi connectivity index (χ0n) is 18.6. The number of aromatic nitrogens is 1. The smallest absolute Gasteiger partial charge is 0.340 e. The molecule has 1 aliphatic rings. The van der Waals surface area contributed by atoms with E-state index in [1.807, 2.05) is 4.90 Å². The minimum absolute atomic E-state index is 0.0479. The second-order valence-corrected chi connectivity index (χ2v) is 9.62. The Balaban J connectivity index is 1.63. The average molecular weight is 471 g/mol. The Labute approximate surface area is 193 Å². The summed E-state index contributed by atoms with van der Waals surface area (Å²) in [5.41, 5.74) is 1.55. The van der Waals surface area contributed by atoms with E-state index in [2.05, 4.69) is 15.8 Å². The highest BCUT2D eigenvalue weighted by molar-refractivity contribution is 7.89. The SMILES string of the molecule is CCOC(=O)c1cc(C#N)c(N2CCC(CC(=O)NS(=O)(=O)Cc3ccccc3)C2)nc1C. The van der Waals surface area contributed by atoms with Gasteiger partial charge in [0.05, 0.1) is 29.2 Å². The molecule has 0 aliphatic carbocycles. The van der Waals surface area contributed by atoms with Crippen molar-refractivity contribution in [3.63, 3.8) is 0 Å². The van der Waals surface area contributed by atoms with Gasteiger partial charge in [0.25, 0.3) is 0 Å². The van der Waals surface area contributed by atoms with Crippen LogP contribution in [0.15, 0.2) is 36.4 Å². The van der Waals surface area contributed by atoms with Crippen LogP contribution in [0.4, 0.5) is 5.82 Å². The summed E-state index contributed by atoms with van der Waals surface area (Å²) >= 11 is 0. The first-order chi connectivity index (χ1) is 15.7. The number of aryl methyl sites for hydroxylation is 1. The Morgan fingerprint density at radius 1 is 1.30 bits per heavy atom. The third kappa shape index (κ3) is 6.29. The van der Waals surface area contributed by atoms with Gasteiger partial charge in [-0.3, -0.25) is 9.52 Å². The Kier molecular flexibility index (Phi) is 7.66. The summed E-state index contributed by atoms with van der Waals surface area (Å²) in [4.78, 5) is 30.8. The van der Waals surface area contributed by atoms with Crippen LogP contribution in [0.3, 0.4) is 0 Å². The molecule has 1 N–H and O–H groups in total. The van der Waals surface area contributed by atoms with Gasteiger partial charge in [0.1, 0.15) is 11.9 Å². The number of nitriles is 1. The molecule has 0 radical (unpaired) electrons. The van der Waals surface area contributed by atoms with Crippen LogP contribution in [-0.2, 0) is 25.3 Å². The first-order valence-corrected chi connectivity index (χ1v) is 12.3. The molecule has 1 amide bonds. The molecular formula is C23H26N4O5S. The number of pyridine rings is 1. The number of esters is 1. The second-order valence-electron chi connectivity index (χ2n) is 7.90. The summed E-state index contributed by atoms with van der Waals surface area (Å²) in [7, 11) is -3.79. The number of ether oxygens (including phenoxy) is 1. The lowest BCUT2D eigenvalue weighted by molar-refractivity contribution is -0.120. The summed E-state index contributed by atoms with van der Waals surface area (Å²) in [6, 6.07) is 12.2. The van der Waals surface area contributed by atoms with Crippen LogP contribution in [0.5, 0.6) is 0 Å². The van der Waals surface area contributed by atoms with Gasteiger partial charge >= 0.3 is 5.97 Å². The van der Waals surface area contributed by atoms with E-state index in [9.17, 15) is 23.3 Å². The maximum absolute atomic E-state index is 12.4. The molecular weight excluding hydrogens is 444 g/mol. The van der Waals surface area contributed by atoms with E-state index < -0.39 is 21.9 Å². The van der Waals surface area contributed by atoms with Crippen molar-refractivity contribution in [3.05, 3.63) is 58.8 Å². The van der Waals surface area contributed by atoms with Crippen molar-refractivity contribution in [2.24, 2.45) is 5.92 Å². The third-order valence-corrected chi connectivity index (χ3v) is 6.59. The molecule has 10 heteroatoms. The fourth-order valence-corrected chi connectivity index (χ4v) is 4.96. The van der Waals surface area contributed by atoms with Crippen molar-refractivity contribution in [1.29, 1.82) is 5.26 Å². The molecule has 0 spiro atoms. The standard InChI is InChI=1S/C23H26N4O5S/c1-3-32-23(29)20-12-19(13-24)22(25-16(20)2)27-10-9-18(14-27)11-21(28)26-33(30,31)15-17-7-5-4-6-8-17/h4-8,12,18H,3,9-11,14-15H2,1-2H3,(H,26,28). The van der Waals surface area contributed by atoms with Gasteiger partial charge < -0.3 is 9.64 Å². The van der Waals surface area contributed by atoms with Gasteiger partial charge in [-0.05, 0) is 37.8 Å². The number of carbonyl (C=O) groups is 2. The van der Waals surface area contributed by atoms with Crippen molar-refractivity contribution < 1.29 is 22.7 Å². The van der Waals surface area contributed by atoms with E-state index in [4.69, 9.17) is 4.74 Å². The maximum Gasteiger partial charge on any atom is 0.340 e. The molecule has 1 aliphatic heterocycles. The number of anilines is 1. The van der Waals surface area contributed by atoms with Crippen LogP contribution in [0.25, 0.3) is 0 Å². The van der Waals surface area contributed by atoms with Crippen LogP contribution in [0.1, 0.15) is 46.9 Å². The summed E-state index contributed by atoms with van der Waals surface area (Å²) < 4.78 is 31.8. The zero-order valence-corrected chi connectivity index (χ0v) is 19.4. The van der Waals surface area contributed by atoms with E-state index in [0.29, 0.717) is 36.6 Å². The fourth-order valence-electron chi connectivity index (χ4n) is 3.83. The lowest BCUT2D eigenvalue weighted by Crippen LogP contribution is -2.33. The lowest BCUT2D eigenvalue weighted by Gasteiger charge is -2.20. The molecule has 2 heterocycles. The lowest BCUT2D eigenvalue weighted by atomic mass is 10.1. The number of hydrogen-bond acceptors (Lipinski definition) is 8. The molecule has 1 atom stereocenters. The first-order valence-electron chi connectivity index (χ1n) is 10.6. The predicted molar refractivity (Wildman–Crippen MR) is 122 cm³/mol. The molecule has 1 aromatic heterocycles. The molecule has 9 nitrogen and oxygen atoms in total. The van der Waals surface area contributed by atoms with Crippen molar-refractivity contribution in [1.82, 2.24) is 9.71 Å². The highest BCUT2D eigenvalue weighted by atomic mass is 32.2. The number of amides is 1. The van der Waals surface area contributed by atoms with Gasteiger partial charge in [-0.1, -0.05) is 30.3 Å². The normalized spacial score (nSPS) is 15.7. The number of benzene rings is 1. The van der Waals surface area contributed by atoms with E-state index in [1.54, 1.807) is 44.2 Å². The van der Waals surface area contributed by atoms with Crippen LogP contribution in [-0.4, -0.2) is 45.0 Å². The minimum atomic E-state index is -3.79. The van der Waals surface area contributed by atoms with Gasteiger partial charge in [-0.2, -0.15) is 5.26 Å². The number of hydrogen-bond donors (Lipinski definition) is 1. The van der Waals surface area contributed by atoms with Gasteiger partial charge in [0.15, 0.2) is 0 Å². The monoisotopic (exact) mass is 470 g/mol. The molecule has 0 saturated carbocycles. The first kappa shape index (κ1) is 24.2. The third-order valence-electron chi connectivity index (χ3n) is 5.34. The van der Waals surface area contributed by atoms with Crippen molar-refractivity contribution >= 4 is 27.7 Å². The number of nitrogens with zero attached hydrogens (tertiary/aromatic N) is 3. The Morgan fingerprint density at radius 2 is 2.03 bits per heavy atom. The van der Waals surface area contributed by atoms with Crippen LogP contribution < -0.4 is 9.62 Å². The maximum atomic E-state index is 12.4. The van der Waals surface area contributed by atoms with E-state index in [-0.39, 0.29) is 35.8 Å². The summed E-state index contributed by atoms with van der Waals surface area (Å²) in [6.07, 6.45) is 0.698. The van der Waals surface area contributed by atoms with Gasteiger partial charge in [-0.15, -0.1) is 0 Å². The number of nitrogens with one attached hydrogen (secondary N) is 1. The number of carbonyl (C=O) groups excluding carboxylic acids is 2. The van der Waals surface area contributed by atoms with Gasteiger partial charge in [-0.25, -0.2) is 18.2 Å². The van der Waals surface area contributed by atoms with E-state index in [0.717, 1.165) is 0 Å². The van der Waals surface area contributed by atoms with Gasteiger partial charge in [0, 0.05) is 19.5 Å². The minimum Gasteiger partial charge on any atom is -0.462 e. The predicted octanol–water partition coefficient (Wildman–Crippen LogP) is 2.30. The number of rotatable bonds is 8. The summed E-state index contributed by atoms with van der Waals surface area (Å²) in [5.74, 6) is -0.992. The largest absolute Gasteiger partial charge is 0.462 e. The van der Waals surface area contributed by atoms with Crippen LogP contribution >= 0.6 is 0 Å². The zero-order chi connectivity index (χ0) is 24.0. The van der Waals surface area contributed by atoms with Crippen molar-refractivity contribution in [2.45, 2.75) is 32.4 Å². The molecule has 1 saturated heterocycles. The quantitative estimate of drug-likeness (QED) is 0.582. The highest BCUT2D eigenvalue weighted by Gasteiger charge is 2.29. The molecule has 33 heavy (non-hydrogen) atoms. The van der Waals surface area contributed by atoms with Crippen LogP contribution in [0, 0.1) is 24.2 Å². The van der Waals surface area contributed by atoms with Crippen molar-refractivity contribution in [2.75, 3.05) is 24.6 Å². The molecule has 174 valence electrons.